The summed E-state index contributed by atoms with van der Waals surface area (Å²) in [6.45, 7) is 4.81. The monoisotopic (exact) mass is 328 g/mol. The van der Waals surface area contributed by atoms with Crippen LogP contribution in [0.15, 0.2) is 48.5 Å². The number of hydrogen-bond donors (Lipinski definition) is 3. The van der Waals surface area contributed by atoms with E-state index < -0.39 is 6.04 Å². The number of benzene rings is 2. The van der Waals surface area contributed by atoms with Gasteiger partial charge in [-0.25, -0.2) is 4.79 Å². The van der Waals surface area contributed by atoms with Gasteiger partial charge in [0.25, 0.3) is 0 Å². The Morgan fingerprint density at radius 3 is 2.58 bits per heavy atom. The largest absolute Gasteiger partial charge is 0.494 e. The number of aliphatic hydroxyl groups excluding tert-OH is 1. The van der Waals surface area contributed by atoms with Crippen LogP contribution >= 0.6 is 0 Å². The van der Waals surface area contributed by atoms with Gasteiger partial charge < -0.3 is 20.5 Å². The lowest BCUT2D eigenvalue weighted by Crippen LogP contribution is -2.38. The average Bonchev–Trinajstić information content (AvgIpc) is 2.61. The Labute approximate surface area is 142 Å². The van der Waals surface area contributed by atoms with E-state index in [9.17, 15) is 9.90 Å². The predicted octanol–water partition coefficient (Wildman–Crippen LogP) is 2.93. The first-order chi connectivity index (χ1) is 11.6. The number of aryl methyl sites for hydroxylation is 1. The van der Waals surface area contributed by atoms with Gasteiger partial charge >= 0.3 is 6.03 Å². The van der Waals surface area contributed by atoms with Crippen LogP contribution in [0.1, 0.15) is 29.7 Å². The number of nitrogens with one attached hydrogen (secondary N) is 2. The molecule has 5 heteroatoms. The highest BCUT2D eigenvalue weighted by Crippen LogP contribution is 2.19. The van der Waals surface area contributed by atoms with Gasteiger partial charge in [0.05, 0.1) is 19.3 Å². The fourth-order valence-corrected chi connectivity index (χ4v) is 2.45. The van der Waals surface area contributed by atoms with E-state index in [1.54, 1.807) is 0 Å². The number of urea groups is 1. The third kappa shape index (κ3) is 4.99. The molecule has 0 heterocycles. The zero-order valence-electron chi connectivity index (χ0n) is 14.1. The summed E-state index contributed by atoms with van der Waals surface area (Å²) < 4.78 is 5.51. The van der Waals surface area contributed by atoms with E-state index in [0.717, 1.165) is 22.4 Å². The van der Waals surface area contributed by atoms with Gasteiger partial charge in [-0.3, -0.25) is 0 Å². The van der Waals surface area contributed by atoms with Gasteiger partial charge in [0.1, 0.15) is 5.75 Å². The first-order valence-corrected chi connectivity index (χ1v) is 8.06. The molecule has 2 aromatic rings. The lowest BCUT2D eigenvalue weighted by atomic mass is 10.1. The maximum atomic E-state index is 12.1. The van der Waals surface area contributed by atoms with Crippen molar-refractivity contribution in [2.75, 3.05) is 13.2 Å². The maximum Gasteiger partial charge on any atom is 0.315 e. The molecule has 0 saturated carbocycles. The van der Waals surface area contributed by atoms with Crippen molar-refractivity contribution in [1.29, 1.82) is 0 Å². The van der Waals surface area contributed by atoms with E-state index in [1.165, 1.54) is 0 Å². The molecule has 2 aromatic carbocycles. The Bertz CT molecular complexity index is 659. The lowest BCUT2D eigenvalue weighted by Gasteiger charge is -2.17. The van der Waals surface area contributed by atoms with Crippen LogP contribution in [0.5, 0.6) is 5.75 Å². The van der Waals surface area contributed by atoms with E-state index in [-0.39, 0.29) is 12.6 Å². The molecular weight excluding hydrogens is 304 g/mol. The van der Waals surface area contributed by atoms with Crippen LogP contribution in [-0.2, 0) is 6.54 Å². The standard InChI is InChI=1S/C19H24N2O3/c1-3-24-18-10-9-15(11-14(18)2)12-20-19(23)21-17(13-22)16-7-5-4-6-8-16/h4-11,17,22H,3,12-13H2,1-2H3,(H2,20,21,23). The van der Waals surface area contributed by atoms with Crippen LogP contribution in [-0.4, -0.2) is 24.4 Å². The molecule has 0 spiro atoms. The minimum Gasteiger partial charge on any atom is -0.494 e. The van der Waals surface area contributed by atoms with Crippen LogP contribution in [0.3, 0.4) is 0 Å². The molecule has 2 amide bonds. The van der Waals surface area contributed by atoms with Crippen LogP contribution in [0.25, 0.3) is 0 Å². The molecule has 0 aliphatic carbocycles. The molecule has 0 radical (unpaired) electrons. The Kier molecular flexibility index (Phi) is 6.63. The van der Waals surface area contributed by atoms with E-state index in [0.29, 0.717) is 13.2 Å². The summed E-state index contributed by atoms with van der Waals surface area (Å²) in [7, 11) is 0. The first-order valence-electron chi connectivity index (χ1n) is 8.06. The number of rotatable bonds is 7. The third-order valence-corrected chi connectivity index (χ3v) is 3.68. The van der Waals surface area contributed by atoms with Gasteiger partial charge in [0.2, 0.25) is 0 Å². The molecule has 5 nitrogen and oxygen atoms in total. The fraction of sp³-hybridized carbons (Fsp3) is 0.316. The lowest BCUT2D eigenvalue weighted by molar-refractivity contribution is 0.216. The summed E-state index contributed by atoms with van der Waals surface area (Å²) in [5.41, 5.74) is 2.90. The molecule has 24 heavy (non-hydrogen) atoms. The van der Waals surface area contributed by atoms with E-state index in [4.69, 9.17) is 4.74 Å². The summed E-state index contributed by atoms with van der Waals surface area (Å²) in [5.74, 6) is 0.857. The van der Waals surface area contributed by atoms with Gasteiger partial charge in [-0.2, -0.15) is 0 Å². The highest BCUT2D eigenvalue weighted by Gasteiger charge is 2.13. The molecule has 0 saturated heterocycles. The second-order valence-electron chi connectivity index (χ2n) is 5.51. The van der Waals surface area contributed by atoms with Crippen molar-refractivity contribution in [3.05, 3.63) is 65.2 Å². The van der Waals surface area contributed by atoms with Crippen LogP contribution in [0, 0.1) is 6.92 Å². The number of aliphatic hydroxyl groups is 1. The molecule has 128 valence electrons. The van der Waals surface area contributed by atoms with E-state index in [2.05, 4.69) is 10.6 Å². The van der Waals surface area contributed by atoms with Crippen molar-refractivity contribution in [2.24, 2.45) is 0 Å². The summed E-state index contributed by atoms with van der Waals surface area (Å²) in [6, 6.07) is 14.5. The van der Waals surface area contributed by atoms with Gasteiger partial charge in [-0.05, 0) is 36.6 Å². The molecule has 0 fully saturated rings. The highest BCUT2D eigenvalue weighted by atomic mass is 16.5. The summed E-state index contributed by atoms with van der Waals surface area (Å²) in [5, 5.41) is 15.1. The molecule has 2 rings (SSSR count). The number of amides is 2. The number of carbonyl (C=O) groups excluding carboxylic acids is 1. The number of hydrogen-bond acceptors (Lipinski definition) is 3. The van der Waals surface area contributed by atoms with Crippen LogP contribution in [0.4, 0.5) is 4.79 Å². The molecule has 0 bridgehead atoms. The van der Waals surface area contributed by atoms with E-state index in [1.807, 2.05) is 62.4 Å². The first kappa shape index (κ1) is 17.8. The molecule has 1 atom stereocenters. The van der Waals surface area contributed by atoms with Crippen LogP contribution in [0.2, 0.25) is 0 Å². The minimum atomic E-state index is -0.423. The van der Waals surface area contributed by atoms with Gasteiger partial charge in [-0.1, -0.05) is 42.5 Å². The smallest absolute Gasteiger partial charge is 0.315 e. The zero-order chi connectivity index (χ0) is 17.4. The van der Waals surface area contributed by atoms with Crippen molar-refractivity contribution < 1.29 is 14.6 Å². The average molecular weight is 328 g/mol. The van der Waals surface area contributed by atoms with Gasteiger partial charge in [0, 0.05) is 6.54 Å². The van der Waals surface area contributed by atoms with Crippen LogP contribution < -0.4 is 15.4 Å². The second-order valence-corrected chi connectivity index (χ2v) is 5.51. The summed E-state index contributed by atoms with van der Waals surface area (Å²) >= 11 is 0. The minimum absolute atomic E-state index is 0.153. The van der Waals surface area contributed by atoms with Crippen molar-refractivity contribution in [3.8, 4) is 5.75 Å². The molecule has 3 N–H and O–H groups in total. The molecule has 0 aromatic heterocycles. The van der Waals surface area contributed by atoms with Gasteiger partial charge in [0.15, 0.2) is 0 Å². The fourth-order valence-electron chi connectivity index (χ4n) is 2.45. The second kappa shape index (κ2) is 8.93. The van der Waals surface area contributed by atoms with Crippen molar-refractivity contribution in [2.45, 2.75) is 26.4 Å². The summed E-state index contributed by atoms with van der Waals surface area (Å²) in [6.07, 6.45) is 0. The highest BCUT2D eigenvalue weighted by molar-refractivity contribution is 5.74. The number of carbonyl (C=O) groups is 1. The Balaban J connectivity index is 1.89. The van der Waals surface area contributed by atoms with Crippen molar-refractivity contribution >= 4 is 6.03 Å². The molecule has 0 aliphatic heterocycles. The van der Waals surface area contributed by atoms with E-state index >= 15 is 0 Å². The molecule has 0 aliphatic rings. The predicted molar refractivity (Wildman–Crippen MR) is 94.0 cm³/mol. The quantitative estimate of drug-likeness (QED) is 0.732. The summed E-state index contributed by atoms with van der Waals surface area (Å²) in [4.78, 5) is 12.1. The molecular formula is C19H24N2O3. The Hall–Kier alpha value is -2.53. The zero-order valence-corrected chi connectivity index (χ0v) is 14.1. The SMILES string of the molecule is CCOc1ccc(CNC(=O)NC(CO)c2ccccc2)cc1C. The molecule has 1 unspecified atom stereocenters. The Morgan fingerprint density at radius 1 is 1.21 bits per heavy atom. The maximum absolute atomic E-state index is 12.1. The number of ether oxygens (including phenoxy) is 1. The topological polar surface area (TPSA) is 70.6 Å². The van der Waals surface area contributed by atoms with Crippen molar-refractivity contribution in [3.63, 3.8) is 0 Å². The van der Waals surface area contributed by atoms with Gasteiger partial charge in [-0.15, -0.1) is 0 Å². The van der Waals surface area contributed by atoms with Crippen molar-refractivity contribution in [1.82, 2.24) is 10.6 Å². The Morgan fingerprint density at radius 2 is 1.96 bits per heavy atom. The normalized spacial score (nSPS) is 11.6. The third-order valence-electron chi connectivity index (χ3n) is 3.68.